The lowest BCUT2D eigenvalue weighted by atomic mass is 9.98. The zero-order valence-electron chi connectivity index (χ0n) is 10.9. The third-order valence-electron chi connectivity index (χ3n) is 4.35. The first-order valence-corrected chi connectivity index (χ1v) is 6.79. The van der Waals surface area contributed by atoms with Crippen molar-refractivity contribution in [2.24, 2.45) is 17.6 Å². The van der Waals surface area contributed by atoms with Gasteiger partial charge in [-0.25, -0.2) is 0 Å². The fraction of sp³-hybridized carbons (Fsp3) is 0.571. The first-order chi connectivity index (χ1) is 9.42. The van der Waals surface area contributed by atoms with E-state index in [4.69, 9.17) is 5.73 Å². The molecule has 0 amide bonds. The molecule has 110 valence electrons. The number of rotatable bonds is 2. The Morgan fingerprint density at radius 2 is 1.80 bits per heavy atom. The van der Waals surface area contributed by atoms with Gasteiger partial charge in [-0.2, -0.15) is 0 Å². The van der Waals surface area contributed by atoms with E-state index in [2.05, 4.69) is 9.64 Å². The summed E-state index contributed by atoms with van der Waals surface area (Å²) in [5.41, 5.74) is 7.01. The molecule has 2 fully saturated rings. The molecule has 1 aliphatic heterocycles. The molecule has 0 bridgehead atoms. The van der Waals surface area contributed by atoms with Crippen LogP contribution < -0.4 is 15.4 Å². The average molecular weight is 286 g/mol. The third kappa shape index (κ3) is 2.70. The van der Waals surface area contributed by atoms with Crippen molar-refractivity contribution >= 4 is 5.69 Å². The standard InChI is InChI=1S/C14H17F3N2O/c15-14(16,17)20-11-4-2-10(3-5-11)19-7-9-1-6-13(18)12(9)8-19/h2-5,9,12-13H,1,6-8,18H2/t9-,12+,13+/m1/s1. The molecule has 3 nitrogen and oxygen atoms in total. The van der Waals surface area contributed by atoms with Gasteiger partial charge in [0.05, 0.1) is 0 Å². The molecule has 3 atom stereocenters. The van der Waals surface area contributed by atoms with E-state index in [1.54, 1.807) is 12.1 Å². The number of alkyl halides is 3. The molecule has 1 saturated carbocycles. The predicted octanol–water partition coefficient (Wildman–Crippen LogP) is 2.76. The molecule has 2 N–H and O–H groups in total. The van der Waals surface area contributed by atoms with Gasteiger partial charge in [0.15, 0.2) is 0 Å². The van der Waals surface area contributed by atoms with Crippen molar-refractivity contribution in [1.29, 1.82) is 0 Å². The summed E-state index contributed by atoms with van der Waals surface area (Å²) in [6.45, 7) is 1.84. The number of hydrogen-bond acceptors (Lipinski definition) is 3. The van der Waals surface area contributed by atoms with Crippen LogP contribution in [-0.4, -0.2) is 25.5 Å². The molecule has 1 aromatic rings. The van der Waals surface area contributed by atoms with Gasteiger partial charge < -0.3 is 15.4 Å². The lowest BCUT2D eigenvalue weighted by Crippen LogP contribution is -2.30. The van der Waals surface area contributed by atoms with Gasteiger partial charge in [0.2, 0.25) is 0 Å². The van der Waals surface area contributed by atoms with Crippen molar-refractivity contribution in [1.82, 2.24) is 0 Å². The van der Waals surface area contributed by atoms with Crippen molar-refractivity contribution in [2.45, 2.75) is 25.2 Å². The van der Waals surface area contributed by atoms with Crippen molar-refractivity contribution in [3.8, 4) is 5.75 Å². The third-order valence-corrected chi connectivity index (χ3v) is 4.35. The van der Waals surface area contributed by atoms with Gasteiger partial charge in [-0.15, -0.1) is 13.2 Å². The van der Waals surface area contributed by atoms with Crippen LogP contribution in [0.3, 0.4) is 0 Å². The molecule has 1 aromatic carbocycles. The minimum Gasteiger partial charge on any atom is -0.406 e. The van der Waals surface area contributed by atoms with Crippen LogP contribution in [0.5, 0.6) is 5.75 Å². The first-order valence-electron chi connectivity index (χ1n) is 6.79. The summed E-state index contributed by atoms with van der Waals surface area (Å²) in [5, 5.41) is 0. The maximum absolute atomic E-state index is 12.1. The quantitative estimate of drug-likeness (QED) is 0.908. The van der Waals surface area contributed by atoms with Gasteiger partial charge in [0.1, 0.15) is 5.75 Å². The molecule has 2 aliphatic rings. The summed E-state index contributed by atoms with van der Waals surface area (Å²) in [4.78, 5) is 2.20. The van der Waals surface area contributed by atoms with Crippen LogP contribution in [0.4, 0.5) is 18.9 Å². The highest BCUT2D eigenvalue weighted by molar-refractivity contribution is 5.50. The maximum atomic E-state index is 12.1. The van der Waals surface area contributed by atoms with E-state index in [0.717, 1.165) is 31.6 Å². The van der Waals surface area contributed by atoms with Crippen LogP contribution in [-0.2, 0) is 0 Å². The van der Waals surface area contributed by atoms with E-state index in [1.165, 1.54) is 12.1 Å². The lowest BCUT2D eigenvalue weighted by Gasteiger charge is -2.21. The first kappa shape index (κ1) is 13.5. The Kier molecular flexibility index (Phi) is 3.28. The molecule has 0 unspecified atom stereocenters. The van der Waals surface area contributed by atoms with Crippen LogP contribution in [0.15, 0.2) is 24.3 Å². The number of halogens is 3. The second kappa shape index (κ2) is 4.84. The number of hydrogen-bond donors (Lipinski definition) is 1. The smallest absolute Gasteiger partial charge is 0.406 e. The van der Waals surface area contributed by atoms with E-state index < -0.39 is 6.36 Å². The predicted molar refractivity (Wildman–Crippen MR) is 69.5 cm³/mol. The average Bonchev–Trinajstić information content (AvgIpc) is 2.91. The molecule has 3 rings (SSSR count). The van der Waals surface area contributed by atoms with Gasteiger partial charge in [0, 0.05) is 24.8 Å². The number of anilines is 1. The van der Waals surface area contributed by atoms with Gasteiger partial charge in [-0.05, 0) is 48.9 Å². The summed E-state index contributed by atoms with van der Waals surface area (Å²) in [6, 6.07) is 6.33. The molecule has 6 heteroatoms. The van der Waals surface area contributed by atoms with Crippen molar-refractivity contribution in [3.05, 3.63) is 24.3 Å². The van der Waals surface area contributed by atoms with Crippen molar-refractivity contribution in [3.63, 3.8) is 0 Å². The van der Waals surface area contributed by atoms with Crippen molar-refractivity contribution in [2.75, 3.05) is 18.0 Å². The van der Waals surface area contributed by atoms with E-state index in [9.17, 15) is 13.2 Å². The van der Waals surface area contributed by atoms with Gasteiger partial charge >= 0.3 is 6.36 Å². The molecule has 0 spiro atoms. The zero-order valence-corrected chi connectivity index (χ0v) is 10.9. The van der Waals surface area contributed by atoms with Gasteiger partial charge in [0.25, 0.3) is 0 Å². The Labute approximate surface area is 115 Å². The highest BCUT2D eigenvalue weighted by atomic mass is 19.4. The van der Waals surface area contributed by atoms with E-state index in [0.29, 0.717) is 11.8 Å². The summed E-state index contributed by atoms with van der Waals surface area (Å²) in [5.74, 6) is 0.953. The Hall–Kier alpha value is -1.43. The Morgan fingerprint density at radius 3 is 2.40 bits per heavy atom. The molecule has 20 heavy (non-hydrogen) atoms. The molecular formula is C14H17F3N2O. The fourth-order valence-electron chi connectivity index (χ4n) is 3.38. The van der Waals surface area contributed by atoms with Crippen LogP contribution in [0.2, 0.25) is 0 Å². The topological polar surface area (TPSA) is 38.5 Å². The maximum Gasteiger partial charge on any atom is 0.573 e. The summed E-state index contributed by atoms with van der Waals surface area (Å²) in [7, 11) is 0. The Balaban J connectivity index is 1.67. The molecule has 1 heterocycles. The summed E-state index contributed by atoms with van der Waals surface area (Å²) in [6.07, 6.45) is -2.40. The number of benzene rings is 1. The van der Waals surface area contributed by atoms with Crippen molar-refractivity contribution < 1.29 is 17.9 Å². The lowest BCUT2D eigenvalue weighted by molar-refractivity contribution is -0.274. The minimum absolute atomic E-state index is 0.183. The number of fused-ring (bicyclic) bond motifs is 1. The molecule has 1 aliphatic carbocycles. The largest absolute Gasteiger partial charge is 0.573 e. The van der Waals surface area contributed by atoms with Crippen LogP contribution >= 0.6 is 0 Å². The Bertz CT molecular complexity index is 474. The van der Waals surface area contributed by atoms with Crippen LogP contribution in [0.25, 0.3) is 0 Å². The van der Waals surface area contributed by atoms with E-state index in [-0.39, 0.29) is 11.8 Å². The normalized spacial score (nSPS) is 29.6. The highest BCUT2D eigenvalue weighted by Gasteiger charge is 2.41. The highest BCUT2D eigenvalue weighted by Crippen LogP contribution is 2.39. The Morgan fingerprint density at radius 1 is 1.10 bits per heavy atom. The number of nitrogens with zero attached hydrogens (tertiary/aromatic N) is 1. The second-order valence-electron chi connectivity index (χ2n) is 5.61. The molecule has 1 saturated heterocycles. The van der Waals surface area contributed by atoms with Gasteiger partial charge in [-0.1, -0.05) is 0 Å². The van der Waals surface area contributed by atoms with Crippen LogP contribution in [0, 0.1) is 11.8 Å². The summed E-state index contributed by atoms with van der Waals surface area (Å²) < 4.78 is 40.2. The summed E-state index contributed by atoms with van der Waals surface area (Å²) >= 11 is 0. The zero-order chi connectivity index (χ0) is 14.3. The molecule has 0 aromatic heterocycles. The molecular weight excluding hydrogens is 269 g/mol. The number of nitrogens with two attached hydrogens (primary N) is 1. The monoisotopic (exact) mass is 286 g/mol. The van der Waals surface area contributed by atoms with Gasteiger partial charge in [-0.3, -0.25) is 0 Å². The number of ether oxygens (including phenoxy) is 1. The van der Waals surface area contributed by atoms with E-state index in [1.807, 2.05) is 0 Å². The van der Waals surface area contributed by atoms with E-state index >= 15 is 0 Å². The second-order valence-corrected chi connectivity index (χ2v) is 5.61. The molecule has 0 radical (unpaired) electrons. The SMILES string of the molecule is N[C@H]1CC[C@@H]2CN(c3ccc(OC(F)(F)F)cc3)C[C@@H]21. The fourth-order valence-corrected chi connectivity index (χ4v) is 3.38. The minimum atomic E-state index is -4.64. The van der Waals surface area contributed by atoms with Crippen LogP contribution in [0.1, 0.15) is 12.8 Å².